The number of hydrogen-bond acceptors (Lipinski definition) is 3. The largest absolute Gasteiger partial charge is 0.466 e. The molecule has 17 heavy (non-hydrogen) atoms. The van der Waals surface area contributed by atoms with Crippen LogP contribution in [0.1, 0.15) is 18.9 Å². The number of carbonyl (C=O) groups excluding carboxylic acids is 2. The highest BCUT2D eigenvalue weighted by Gasteiger charge is 2.12. The molecular weight excluding hydrogens is 230 g/mol. The minimum atomic E-state index is -1.01. The van der Waals surface area contributed by atoms with E-state index in [-0.39, 0.29) is 19.4 Å². The zero-order valence-corrected chi connectivity index (χ0v) is 9.33. The van der Waals surface area contributed by atoms with Gasteiger partial charge >= 0.3 is 5.97 Å². The molecular formula is C12H12F2O3. The van der Waals surface area contributed by atoms with Gasteiger partial charge < -0.3 is 4.74 Å². The van der Waals surface area contributed by atoms with Gasteiger partial charge in [-0.25, -0.2) is 8.78 Å². The molecule has 0 spiro atoms. The van der Waals surface area contributed by atoms with Gasteiger partial charge in [0, 0.05) is 6.42 Å². The maximum atomic E-state index is 12.8. The van der Waals surface area contributed by atoms with E-state index >= 15 is 0 Å². The molecule has 1 aromatic rings. The van der Waals surface area contributed by atoms with Crippen molar-refractivity contribution in [2.24, 2.45) is 0 Å². The van der Waals surface area contributed by atoms with E-state index in [0.717, 1.165) is 12.1 Å². The summed E-state index contributed by atoms with van der Waals surface area (Å²) in [6.45, 7) is 1.84. The Balaban J connectivity index is 2.56. The second-order valence-electron chi connectivity index (χ2n) is 3.45. The highest BCUT2D eigenvalue weighted by molar-refractivity contribution is 5.96. The first-order valence-corrected chi connectivity index (χ1v) is 5.14. The maximum absolute atomic E-state index is 12.8. The molecule has 0 radical (unpaired) electrons. The standard InChI is InChI=1S/C12H12F2O3/c1-2-17-12(16)7-9(15)5-8-3-4-10(13)11(14)6-8/h3-4,6H,2,5,7H2,1H3. The fourth-order valence-electron chi connectivity index (χ4n) is 1.31. The van der Waals surface area contributed by atoms with Crippen LogP contribution in [0.3, 0.4) is 0 Å². The molecule has 5 heteroatoms. The van der Waals surface area contributed by atoms with Crippen LogP contribution >= 0.6 is 0 Å². The first kappa shape index (κ1) is 13.3. The third-order valence-electron chi connectivity index (χ3n) is 2.03. The van der Waals surface area contributed by atoms with E-state index in [9.17, 15) is 18.4 Å². The lowest BCUT2D eigenvalue weighted by molar-refractivity contribution is -0.145. The summed E-state index contributed by atoms with van der Waals surface area (Å²) in [5.74, 6) is -2.98. The van der Waals surface area contributed by atoms with Crippen molar-refractivity contribution in [3.63, 3.8) is 0 Å². The van der Waals surface area contributed by atoms with Crippen molar-refractivity contribution < 1.29 is 23.1 Å². The van der Waals surface area contributed by atoms with Gasteiger partial charge in [-0.1, -0.05) is 6.07 Å². The number of hydrogen-bond donors (Lipinski definition) is 0. The fraction of sp³-hybridized carbons (Fsp3) is 0.333. The number of ketones is 1. The van der Waals surface area contributed by atoms with E-state index < -0.39 is 23.4 Å². The fourth-order valence-corrected chi connectivity index (χ4v) is 1.31. The van der Waals surface area contributed by atoms with Gasteiger partial charge in [-0.2, -0.15) is 0 Å². The average Bonchev–Trinajstić information content (AvgIpc) is 2.23. The van der Waals surface area contributed by atoms with Crippen molar-refractivity contribution in [3.05, 3.63) is 35.4 Å². The molecule has 0 unspecified atom stereocenters. The lowest BCUT2D eigenvalue weighted by Crippen LogP contribution is -2.13. The van der Waals surface area contributed by atoms with Crippen molar-refractivity contribution >= 4 is 11.8 Å². The van der Waals surface area contributed by atoms with Crippen LogP contribution in [0.2, 0.25) is 0 Å². The van der Waals surface area contributed by atoms with Crippen LogP contribution in [-0.2, 0) is 20.7 Å². The summed E-state index contributed by atoms with van der Waals surface area (Å²) >= 11 is 0. The lowest BCUT2D eigenvalue weighted by atomic mass is 10.1. The SMILES string of the molecule is CCOC(=O)CC(=O)Cc1ccc(F)c(F)c1. The average molecular weight is 242 g/mol. The van der Waals surface area contributed by atoms with Crippen molar-refractivity contribution in [1.29, 1.82) is 0 Å². The second kappa shape index (κ2) is 6.08. The van der Waals surface area contributed by atoms with Crippen LogP contribution in [0.15, 0.2) is 18.2 Å². The van der Waals surface area contributed by atoms with Crippen LogP contribution in [0, 0.1) is 11.6 Å². The van der Waals surface area contributed by atoms with Crippen LogP contribution in [0.25, 0.3) is 0 Å². The van der Waals surface area contributed by atoms with E-state index in [4.69, 9.17) is 0 Å². The summed E-state index contributed by atoms with van der Waals surface area (Å²) in [6.07, 6.45) is -0.469. The van der Waals surface area contributed by atoms with E-state index in [2.05, 4.69) is 4.74 Å². The Morgan fingerprint density at radius 1 is 1.24 bits per heavy atom. The molecule has 0 aliphatic heterocycles. The number of Topliss-reactive ketones (excluding diaryl/α,β-unsaturated/α-hetero) is 1. The Kier molecular flexibility index (Phi) is 4.75. The van der Waals surface area contributed by atoms with Crippen LogP contribution in [0.5, 0.6) is 0 Å². The molecule has 0 saturated carbocycles. The van der Waals surface area contributed by atoms with E-state index in [1.54, 1.807) is 6.92 Å². The predicted molar refractivity (Wildman–Crippen MR) is 56.3 cm³/mol. The van der Waals surface area contributed by atoms with Crippen molar-refractivity contribution in [2.75, 3.05) is 6.61 Å². The number of rotatable bonds is 5. The molecule has 0 bridgehead atoms. The highest BCUT2D eigenvalue weighted by Crippen LogP contribution is 2.10. The molecule has 0 aromatic heterocycles. The summed E-state index contributed by atoms with van der Waals surface area (Å²) in [7, 11) is 0. The van der Waals surface area contributed by atoms with Gasteiger partial charge in [-0.05, 0) is 24.6 Å². The van der Waals surface area contributed by atoms with Gasteiger partial charge in [0.25, 0.3) is 0 Å². The van der Waals surface area contributed by atoms with Gasteiger partial charge in [-0.15, -0.1) is 0 Å². The topological polar surface area (TPSA) is 43.4 Å². The first-order valence-electron chi connectivity index (χ1n) is 5.14. The molecule has 0 aliphatic rings. The summed E-state index contributed by atoms with van der Waals surface area (Å²) in [6, 6.07) is 3.20. The molecule has 0 heterocycles. The minimum Gasteiger partial charge on any atom is -0.466 e. The Bertz CT molecular complexity index is 430. The Morgan fingerprint density at radius 3 is 2.53 bits per heavy atom. The Labute approximate surface area is 97.4 Å². The van der Waals surface area contributed by atoms with Gasteiger partial charge in [-0.3, -0.25) is 9.59 Å². The molecule has 1 aromatic carbocycles. The second-order valence-corrected chi connectivity index (χ2v) is 3.45. The normalized spacial score (nSPS) is 10.1. The van der Waals surface area contributed by atoms with Crippen molar-refractivity contribution in [1.82, 2.24) is 0 Å². The number of ether oxygens (including phenoxy) is 1. The van der Waals surface area contributed by atoms with Gasteiger partial charge in [0.2, 0.25) is 0 Å². The van der Waals surface area contributed by atoms with Crippen LogP contribution in [0.4, 0.5) is 8.78 Å². The highest BCUT2D eigenvalue weighted by atomic mass is 19.2. The Morgan fingerprint density at radius 2 is 1.94 bits per heavy atom. The summed E-state index contributed by atoms with van der Waals surface area (Å²) < 4.78 is 30.0. The van der Waals surface area contributed by atoms with Crippen LogP contribution in [-0.4, -0.2) is 18.4 Å². The minimum absolute atomic E-state index is 0.115. The smallest absolute Gasteiger partial charge is 0.313 e. The van der Waals surface area contributed by atoms with E-state index in [1.807, 2.05) is 0 Å². The van der Waals surface area contributed by atoms with Gasteiger partial charge in [0.15, 0.2) is 11.6 Å². The first-order chi connectivity index (χ1) is 8.02. The molecule has 0 N–H and O–H groups in total. The molecule has 1 rings (SSSR count). The third-order valence-corrected chi connectivity index (χ3v) is 2.03. The predicted octanol–water partition coefficient (Wildman–Crippen LogP) is 2.03. The number of carbonyl (C=O) groups is 2. The van der Waals surface area contributed by atoms with Crippen molar-refractivity contribution in [3.8, 4) is 0 Å². The number of benzene rings is 1. The lowest BCUT2D eigenvalue weighted by Gasteiger charge is -2.02. The quantitative estimate of drug-likeness (QED) is 0.586. The van der Waals surface area contributed by atoms with E-state index in [1.165, 1.54) is 6.07 Å². The molecule has 0 saturated heterocycles. The Hall–Kier alpha value is -1.78. The molecule has 0 aliphatic carbocycles. The molecule has 3 nitrogen and oxygen atoms in total. The molecule has 0 fully saturated rings. The van der Waals surface area contributed by atoms with E-state index in [0.29, 0.717) is 5.56 Å². The zero-order valence-electron chi connectivity index (χ0n) is 9.33. The molecule has 92 valence electrons. The summed E-state index contributed by atoms with van der Waals surface area (Å²) in [5.41, 5.74) is 0.332. The summed E-state index contributed by atoms with van der Waals surface area (Å²) in [4.78, 5) is 22.4. The van der Waals surface area contributed by atoms with Crippen molar-refractivity contribution in [2.45, 2.75) is 19.8 Å². The molecule has 0 amide bonds. The number of halogens is 2. The van der Waals surface area contributed by atoms with Crippen LogP contribution < -0.4 is 0 Å². The maximum Gasteiger partial charge on any atom is 0.313 e. The van der Waals surface area contributed by atoms with Gasteiger partial charge in [0.05, 0.1) is 6.61 Å². The summed E-state index contributed by atoms with van der Waals surface area (Å²) in [5, 5.41) is 0. The zero-order chi connectivity index (χ0) is 12.8. The third kappa shape index (κ3) is 4.30. The number of esters is 1. The van der Waals surface area contributed by atoms with Gasteiger partial charge in [0.1, 0.15) is 12.2 Å². The molecule has 0 atom stereocenters. The monoisotopic (exact) mass is 242 g/mol.